The van der Waals surface area contributed by atoms with Crippen LogP contribution in [0, 0.1) is 0 Å². The third kappa shape index (κ3) is 5.13. The molecule has 0 radical (unpaired) electrons. The van der Waals surface area contributed by atoms with Gasteiger partial charge in [-0.05, 0) is 55.1 Å². The minimum Gasteiger partial charge on any atom is -0.497 e. The number of imide groups is 1. The highest BCUT2D eigenvalue weighted by molar-refractivity contribution is 6.10. The molecule has 41 heavy (non-hydrogen) atoms. The normalized spacial score (nSPS) is 18.9. The van der Waals surface area contributed by atoms with Crippen LogP contribution in [0.1, 0.15) is 47.5 Å². The number of rotatable bonds is 10. The van der Waals surface area contributed by atoms with Gasteiger partial charge in [-0.1, -0.05) is 25.1 Å². The number of benzene rings is 2. The van der Waals surface area contributed by atoms with Crippen LogP contribution < -0.4 is 10.1 Å². The quantitative estimate of drug-likeness (QED) is 0.127. The van der Waals surface area contributed by atoms with Gasteiger partial charge < -0.3 is 29.1 Å². The van der Waals surface area contributed by atoms with Crippen LogP contribution in [0.25, 0.3) is 11.0 Å². The van der Waals surface area contributed by atoms with Crippen molar-refractivity contribution >= 4 is 34.5 Å². The third-order valence-electron chi connectivity index (χ3n) is 8.16. The van der Waals surface area contributed by atoms with E-state index in [0.29, 0.717) is 52.5 Å². The Balaban J connectivity index is 1.44. The molecule has 1 atom stereocenters. The second kappa shape index (κ2) is 11.2. The lowest BCUT2D eigenvalue weighted by molar-refractivity contribution is -0.127. The van der Waals surface area contributed by atoms with E-state index in [1.807, 2.05) is 24.1 Å². The first-order chi connectivity index (χ1) is 19.7. The summed E-state index contributed by atoms with van der Waals surface area (Å²) in [5.41, 5.74) is 1.14. The number of furan rings is 1. The number of hydrogen-bond acceptors (Lipinski definition) is 8. The van der Waals surface area contributed by atoms with E-state index in [4.69, 9.17) is 9.15 Å². The summed E-state index contributed by atoms with van der Waals surface area (Å²) in [5, 5.41) is 16.5. The van der Waals surface area contributed by atoms with E-state index in [0.717, 1.165) is 25.2 Å². The van der Waals surface area contributed by atoms with Gasteiger partial charge in [-0.15, -0.1) is 0 Å². The van der Waals surface area contributed by atoms with Gasteiger partial charge in [-0.3, -0.25) is 19.7 Å². The second-order valence-corrected chi connectivity index (χ2v) is 10.6. The molecule has 2 aromatic carbocycles. The third-order valence-corrected chi connectivity index (χ3v) is 8.16. The monoisotopic (exact) mass is 561 g/mol. The van der Waals surface area contributed by atoms with Crippen LogP contribution in [0.15, 0.2) is 52.0 Å². The van der Waals surface area contributed by atoms with Crippen molar-refractivity contribution in [2.45, 2.75) is 32.2 Å². The minimum absolute atomic E-state index is 0.0233. The smallest absolute Gasteiger partial charge is 0.254 e. The van der Waals surface area contributed by atoms with Crippen molar-refractivity contribution in [3.63, 3.8) is 0 Å². The Morgan fingerprint density at radius 3 is 2.56 bits per heavy atom. The SMILES string of the molecule is CCN(CC)CCN(C)/C(=N/O)c1ccc2oc([C@]3(CN4Cc5ccc(OC)cc5C4=O)CC(=O)NC3=O)cc2c1. The van der Waals surface area contributed by atoms with Crippen molar-refractivity contribution in [2.24, 2.45) is 5.16 Å². The zero-order chi connectivity index (χ0) is 29.3. The molecule has 2 aliphatic rings. The highest BCUT2D eigenvalue weighted by atomic mass is 16.5. The van der Waals surface area contributed by atoms with E-state index in [2.05, 4.69) is 29.2 Å². The van der Waals surface area contributed by atoms with Crippen molar-refractivity contribution in [2.75, 3.05) is 46.9 Å². The Bertz CT molecular complexity index is 1530. The molecule has 0 spiro atoms. The highest BCUT2D eigenvalue weighted by Crippen LogP contribution is 2.39. The lowest BCUT2D eigenvalue weighted by Gasteiger charge is -2.28. The van der Waals surface area contributed by atoms with Gasteiger partial charge >= 0.3 is 0 Å². The second-order valence-electron chi connectivity index (χ2n) is 10.6. The van der Waals surface area contributed by atoms with E-state index in [1.165, 1.54) is 7.11 Å². The van der Waals surface area contributed by atoms with E-state index < -0.39 is 17.2 Å². The molecule has 1 fully saturated rings. The molecule has 0 unspecified atom stereocenters. The molecule has 5 rings (SSSR count). The number of nitrogens with one attached hydrogen (secondary N) is 1. The van der Waals surface area contributed by atoms with Crippen molar-refractivity contribution < 1.29 is 28.7 Å². The molecule has 1 saturated heterocycles. The summed E-state index contributed by atoms with van der Waals surface area (Å²) in [7, 11) is 3.41. The van der Waals surface area contributed by atoms with E-state index >= 15 is 0 Å². The molecular formula is C30H35N5O6. The Labute approximate surface area is 238 Å². The number of fused-ring (bicyclic) bond motifs is 2. The predicted octanol–water partition coefficient (Wildman–Crippen LogP) is 2.79. The van der Waals surface area contributed by atoms with Crippen molar-refractivity contribution in [1.29, 1.82) is 0 Å². The summed E-state index contributed by atoms with van der Waals surface area (Å²) >= 11 is 0. The van der Waals surface area contributed by atoms with Gasteiger partial charge in [-0.25, -0.2) is 0 Å². The fraction of sp³-hybridized carbons (Fsp3) is 0.400. The number of carbonyl (C=O) groups excluding carboxylic acids is 3. The zero-order valence-electron chi connectivity index (χ0n) is 23.8. The summed E-state index contributed by atoms with van der Waals surface area (Å²) in [5.74, 6) is 0.108. The molecule has 3 aromatic rings. The Morgan fingerprint density at radius 1 is 1.12 bits per heavy atom. The fourth-order valence-corrected chi connectivity index (χ4v) is 5.68. The first-order valence-electron chi connectivity index (χ1n) is 13.7. The lowest BCUT2D eigenvalue weighted by Crippen LogP contribution is -2.46. The number of nitrogens with zero attached hydrogens (tertiary/aromatic N) is 4. The van der Waals surface area contributed by atoms with Crippen LogP contribution in [-0.2, 0) is 21.5 Å². The van der Waals surface area contributed by atoms with Crippen LogP contribution in [0.3, 0.4) is 0 Å². The number of oxime groups is 1. The molecule has 2 N–H and O–H groups in total. The molecule has 11 heteroatoms. The Hall–Kier alpha value is -4.38. The standard InChI is InChI=1S/C30H35N5O6/c1-5-34(6-2)12-11-33(3)27(32-39)19-8-10-24-21(13-19)14-25(41-24)30(16-26(36)31-29(30)38)18-35-17-20-7-9-22(40-4)15-23(20)28(35)37/h7-10,13-15,39H,5-6,11-12,16-18H2,1-4H3,(H,31,36,38)/b32-27+/t30-/m1/s1. The Kier molecular flexibility index (Phi) is 7.72. The molecule has 2 aliphatic heterocycles. The largest absolute Gasteiger partial charge is 0.497 e. The first kappa shape index (κ1) is 28.2. The van der Waals surface area contributed by atoms with Crippen LogP contribution in [0.2, 0.25) is 0 Å². The zero-order valence-corrected chi connectivity index (χ0v) is 23.8. The number of methoxy groups -OCH3 is 1. The van der Waals surface area contributed by atoms with Gasteiger partial charge in [-0.2, -0.15) is 0 Å². The minimum atomic E-state index is -1.38. The molecule has 1 aromatic heterocycles. The van der Waals surface area contributed by atoms with Gasteiger partial charge in [0.25, 0.3) is 5.91 Å². The van der Waals surface area contributed by atoms with Crippen molar-refractivity contribution in [3.8, 4) is 5.75 Å². The molecule has 3 amide bonds. The van der Waals surface area contributed by atoms with Gasteiger partial charge in [0.05, 0.1) is 13.5 Å². The summed E-state index contributed by atoms with van der Waals surface area (Å²) < 4.78 is 11.4. The average molecular weight is 562 g/mol. The van der Waals surface area contributed by atoms with Crippen LogP contribution in [0.5, 0.6) is 5.75 Å². The van der Waals surface area contributed by atoms with Crippen LogP contribution in [-0.4, -0.2) is 90.3 Å². The summed E-state index contributed by atoms with van der Waals surface area (Å²) in [6.07, 6.45) is -0.139. The highest BCUT2D eigenvalue weighted by Gasteiger charge is 2.53. The first-order valence-corrected chi connectivity index (χ1v) is 13.7. The average Bonchev–Trinajstić information content (AvgIpc) is 3.62. The van der Waals surface area contributed by atoms with Gasteiger partial charge in [0.15, 0.2) is 5.84 Å². The molecule has 0 saturated carbocycles. The van der Waals surface area contributed by atoms with E-state index in [9.17, 15) is 19.6 Å². The number of likely N-dealkylation sites (N-methyl/N-ethyl adjacent to an activating group) is 2. The molecule has 0 bridgehead atoms. The lowest BCUT2D eigenvalue weighted by atomic mass is 9.82. The molecule has 3 heterocycles. The maximum absolute atomic E-state index is 13.3. The maximum atomic E-state index is 13.3. The fourth-order valence-electron chi connectivity index (χ4n) is 5.68. The summed E-state index contributed by atoms with van der Waals surface area (Å²) in [4.78, 5) is 44.9. The number of amides is 3. The van der Waals surface area contributed by atoms with Crippen molar-refractivity contribution in [3.05, 3.63) is 64.9 Å². The van der Waals surface area contributed by atoms with E-state index in [-0.39, 0.29) is 18.9 Å². The molecule has 216 valence electrons. The van der Waals surface area contributed by atoms with Gasteiger partial charge in [0.2, 0.25) is 11.8 Å². The van der Waals surface area contributed by atoms with Crippen LogP contribution in [0.4, 0.5) is 0 Å². The number of carbonyl (C=O) groups is 3. The number of hydrogen-bond donors (Lipinski definition) is 2. The van der Waals surface area contributed by atoms with E-state index in [1.54, 1.807) is 35.2 Å². The number of ether oxygens (including phenoxy) is 1. The maximum Gasteiger partial charge on any atom is 0.254 e. The van der Waals surface area contributed by atoms with Crippen molar-refractivity contribution in [1.82, 2.24) is 20.0 Å². The molecule has 11 nitrogen and oxygen atoms in total. The molecule has 0 aliphatic carbocycles. The summed E-state index contributed by atoms with van der Waals surface area (Å²) in [6, 6.07) is 12.4. The van der Waals surface area contributed by atoms with Crippen LogP contribution >= 0.6 is 0 Å². The number of amidine groups is 1. The predicted molar refractivity (Wildman–Crippen MR) is 152 cm³/mol. The topological polar surface area (TPSA) is 128 Å². The Morgan fingerprint density at radius 2 is 1.90 bits per heavy atom. The molecular weight excluding hydrogens is 526 g/mol. The summed E-state index contributed by atoms with van der Waals surface area (Å²) in [6.45, 7) is 7.84. The van der Waals surface area contributed by atoms with Gasteiger partial charge in [0.1, 0.15) is 22.5 Å². The van der Waals surface area contributed by atoms with Gasteiger partial charge in [0, 0.05) is 49.7 Å².